The highest BCUT2D eigenvalue weighted by Crippen LogP contribution is 2.43. The average molecular weight is 393 g/mol. The summed E-state index contributed by atoms with van der Waals surface area (Å²) < 4.78 is 7.17. The Balaban J connectivity index is 1.69. The molecule has 1 aromatic heterocycles. The quantitative estimate of drug-likeness (QED) is 0.723. The zero-order chi connectivity index (χ0) is 19.1. The summed E-state index contributed by atoms with van der Waals surface area (Å²) in [5.41, 5.74) is 4.16. The number of aromatic hydroxyl groups is 1. The number of thioether (sulfide) groups is 1. The standard InChI is InChI=1S/C21H19N3O3S/c25-15-5-3-4-14(12-15)24-20-16-6-1-2-7-18(16)28-13-17(20)19(22-24)21(26)23-8-10-27-11-9-23/h1-7,12,25H,8-11,13H2. The van der Waals surface area contributed by atoms with E-state index in [2.05, 4.69) is 12.1 Å². The van der Waals surface area contributed by atoms with Crippen molar-refractivity contribution in [2.75, 3.05) is 26.3 Å². The molecule has 7 heteroatoms. The maximum atomic E-state index is 13.2. The van der Waals surface area contributed by atoms with Crippen molar-refractivity contribution in [2.45, 2.75) is 10.6 Å². The van der Waals surface area contributed by atoms with Crippen LogP contribution in [-0.4, -0.2) is 52.0 Å². The first-order chi connectivity index (χ1) is 13.7. The van der Waals surface area contributed by atoms with Crippen LogP contribution in [0.2, 0.25) is 0 Å². The third-order valence-electron chi connectivity index (χ3n) is 5.07. The summed E-state index contributed by atoms with van der Waals surface area (Å²) in [5.74, 6) is 0.802. The normalized spacial score (nSPS) is 15.8. The lowest BCUT2D eigenvalue weighted by molar-refractivity contribution is 0.0298. The number of phenols is 1. The number of ether oxygens (including phenoxy) is 1. The fourth-order valence-corrected chi connectivity index (χ4v) is 4.77. The number of morpholine rings is 1. The van der Waals surface area contributed by atoms with Crippen LogP contribution < -0.4 is 0 Å². The van der Waals surface area contributed by atoms with Gasteiger partial charge in [0.1, 0.15) is 5.75 Å². The highest BCUT2D eigenvalue weighted by Gasteiger charge is 2.31. The third-order valence-corrected chi connectivity index (χ3v) is 6.17. The Morgan fingerprint density at radius 1 is 1.11 bits per heavy atom. The fourth-order valence-electron chi connectivity index (χ4n) is 3.70. The first-order valence-electron chi connectivity index (χ1n) is 9.23. The highest BCUT2D eigenvalue weighted by molar-refractivity contribution is 7.98. The van der Waals surface area contributed by atoms with Gasteiger partial charge in [-0.15, -0.1) is 11.8 Å². The summed E-state index contributed by atoms with van der Waals surface area (Å²) >= 11 is 1.72. The van der Waals surface area contributed by atoms with Crippen molar-refractivity contribution in [2.24, 2.45) is 0 Å². The zero-order valence-corrected chi connectivity index (χ0v) is 16.0. The van der Waals surface area contributed by atoms with Gasteiger partial charge in [-0.25, -0.2) is 4.68 Å². The van der Waals surface area contributed by atoms with Crippen molar-refractivity contribution >= 4 is 17.7 Å². The fraction of sp³-hybridized carbons (Fsp3) is 0.238. The Morgan fingerprint density at radius 3 is 2.75 bits per heavy atom. The van der Waals surface area contributed by atoms with Gasteiger partial charge < -0.3 is 14.7 Å². The molecule has 1 amide bonds. The molecule has 0 atom stereocenters. The van der Waals surface area contributed by atoms with Crippen LogP contribution >= 0.6 is 11.8 Å². The van der Waals surface area contributed by atoms with E-state index in [9.17, 15) is 9.90 Å². The van der Waals surface area contributed by atoms with Gasteiger partial charge in [0.15, 0.2) is 5.69 Å². The van der Waals surface area contributed by atoms with Crippen molar-refractivity contribution in [3.63, 3.8) is 0 Å². The Hall–Kier alpha value is -2.77. The molecule has 3 heterocycles. The molecule has 0 saturated carbocycles. The van der Waals surface area contributed by atoms with E-state index >= 15 is 0 Å². The molecule has 2 aliphatic heterocycles. The SMILES string of the molecule is O=C(c1nn(-c2cccc(O)c2)c2c1CSc1ccccc1-2)N1CCOCC1. The lowest BCUT2D eigenvalue weighted by atomic mass is 10.0. The van der Waals surface area contributed by atoms with Crippen molar-refractivity contribution in [3.05, 3.63) is 59.8 Å². The van der Waals surface area contributed by atoms with E-state index in [0.717, 1.165) is 22.5 Å². The van der Waals surface area contributed by atoms with Gasteiger partial charge in [-0.3, -0.25) is 4.79 Å². The van der Waals surface area contributed by atoms with Crippen LogP contribution in [0.25, 0.3) is 16.9 Å². The average Bonchev–Trinajstić information content (AvgIpc) is 3.14. The number of phenolic OH excluding ortho intramolecular Hbond substituents is 1. The van der Waals surface area contributed by atoms with Crippen molar-refractivity contribution < 1.29 is 14.6 Å². The molecule has 0 unspecified atom stereocenters. The largest absolute Gasteiger partial charge is 0.508 e. The van der Waals surface area contributed by atoms with E-state index in [1.807, 2.05) is 23.1 Å². The number of nitrogens with zero attached hydrogens (tertiary/aromatic N) is 3. The predicted molar refractivity (Wildman–Crippen MR) is 107 cm³/mol. The smallest absolute Gasteiger partial charge is 0.274 e. The molecule has 6 nitrogen and oxygen atoms in total. The number of hydrogen-bond acceptors (Lipinski definition) is 5. The van der Waals surface area contributed by atoms with E-state index in [-0.39, 0.29) is 11.7 Å². The number of benzene rings is 2. The molecule has 0 radical (unpaired) electrons. The van der Waals surface area contributed by atoms with Crippen LogP contribution in [0.1, 0.15) is 16.1 Å². The molecule has 2 aromatic carbocycles. The molecule has 28 heavy (non-hydrogen) atoms. The lowest BCUT2D eigenvalue weighted by Gasteiger charge is -2.26. The van der Waals surface area contributed by atoms with Crippen LogP contribution in [0.4, 0.5) is 0 Å². The molecular formula is C21H19N3O3S. The number of carbonyl (C=O) groups is 1. The second kappa shape index (κ2) is 7.00. The van der Waals surface area contributed by atoms with Crippen molar-refractivity contribution in [3.8, 4) is 22.7 Å². The van der Waals surface area contributed by atoms with Crippen molar-refractivity contribution in [1.29, 1.82) is 0 Å². The second-order valence-corrected chi connectivity index (χ2v) is 7.81. The van der Waals surface area contributed by atoms with Crippen LogP contribution in [-0.2, 0) is 10.5 Å². The van der Waals surface area contributed by atoms with Gasteiger partial charge in [0.25, 0.3) is 5.91 Å². The lowest BCUT2D eigenvalue weighted by Crippen LogP contribution is -2.41. The molecule has 142 valence electrons. The van der Waals surface area contributed by atoms with Gasteiger partial charge in [0, 0.05) is 40.9 Å². The minimum absolute atomic E-state index is 0.0570. The van der Waals surface area contributed by atoms with Gasteiger partial charge in [0.05, 0.1) is 24.6 Å². The maximum absolute atomic E-state index is 13.2. The first-order valence-corrected chi connectivity index (χ1v) is 10.2. The first kappa shape index (κ1) is 17.3. The highest BCUT2D eigenvalue weighted by atomic mass is 32.2. The molecule has 3 aromatic rings. The summed E-state index contributed by atoms with van der Waals surface area (Å²) in [5, 5.41) is 14.7. The van der Waals surface area contributed by atoms with Crippen LogP contribution in [0, 0.1) is 0 Å². The zero-order valence-electron chi connectivity index (χ0n) is 15.2. The molecule has 5 rings (SSSR count). The molecule has 0 aliphatic carbocycles. The van der Waals surface area contributed by atoms with Crippen LogP contribution in [0.3, 0.4) is 0 Å². The number of aromatic nitrogens is 2. The number of carbonyl (C=O) groups excluding carboxylic acids is 1. The molecule has 1 fully saturated rings. The molecule has 1 saturated heterocycles. The minimum Gasteiger partial charge on any atom is -0.508 e. The summed E-state index contributed by atoms with van der Waals surface area (Å²) in [6.45, 7) is 2.27. The predicted octanol–water partition coefficient (Wildman–Crippen LogP) is 3.32. The topological polar surface area (TPSA) is 67.6 Å². The minimum atomic E-state index is -0.0570. The summed E-state index contributed by atoms with van der Waals surface area (Å²) in [4.78, 5) is 16.2. The number of fused-ring (bicyclic) bond motifs is 3. The number of rotatable bonds is 2. The van der Waals surface area contributed by atoms with E-state index < -0.39 is 0 Å². The Bertz CT molecular complexity index is 1060. The Kier molecular flexibility index (Phi) is 4.33. The Labute approximate surface area is 166 Å². The summed E-state index contributed by atoms with van der Waals surface area (Å²) in [6.07, 6.45) is 0. The third kappa shape index (κ3) is 2.87. The maximum Gasteiger partial charge on any atom is 0.274 e. The van der Waals surface area contributed by atoms with Crippen LogP contribution in [0.15, 0.2) is 53.4 Å². The van der Waals surface area contributed by atoms with Gasteiger partial charge in [-0.05, 0) is 18.2 Å². The Morgan fingerprint density at radius 2 is 1.93 bits per heavy atom. The molecular weight excluding hydrogens is 374 g/mol. The van der Waals surface area contributed by atoms with Crippen LogP contribution in [0.5, 0.6) is 5.75 Å². The van der Waals surface area contributed by atoms with Gasteiger partial charge in [-0.1, -0.05) is 24.3 Å². The van der Waals surface area contributed by atoms with Crippen molar-refractivity contribution in [1.82, 2.24) is 14.7 Å². The summed E-state index contributed by atoms with van der Waals surface area (Å²) in [6, 6.07) is 15.1. The monoisotopic (exact) mass is 393 g/mol. The van der Waals surface area contributed by atoms with E-state index in [1.165, 1.54) is 4.90 Å². The van der Waals surface area contributed by atoms with E-state index in [1.54, 1.807) is 34.6 Å². The number of amides is 1. The number of hydrogen-bond donors (Lipinski definition) is 1. The van der Waals surface area contributed by atoms with Gasteiger partial charge >= 0.3 is 0 Å². The van der Waals surface area contributed by atoms with E-state index in [4.69, 9.17) is 9.84 Å². The van der Waals surface area contributed by atoms with E-state index in [0.29, 0.717) is 37.8 Å². The van der Waals surface area contributed by atoms with Gasteiger partial charge in [0.2, 0.25) is 0 Å². The molecule has 1 N–H and O–H groups in total. The molecule has 0 bridgehead atoms. The second-order valence-electron chi connectivity index (χ2n) is 6.80. The summed E-state index contributed by atoms with van der Waals surface area (Å²) in [7, 11) is 0. The van der Waals surface area contributed by atoms with Gasteiger partial charge in [-0.2, -0.15) is 5.10 Å². The molecule has 2 aliphatic rings. The molecule has 0 spiro atoms.